The lowest BCUT2D eigenvalue weighted by Gasteiger charge is -2.37. The molecule has 5 rings (SSSR count). The minimum atomic E-state index is -0.0460. The summed E-state index contributed by atoms with van der Waals surface area (Å²) in [6, 6.07) is 5.37. The van der Waals surface area contributed by atoms with Crippen LogP contribution in [-0.2, 0) is 4.79 Å². The summed E-state index contributed by atoms with van der Waals surface area (Å²) in [5.41, 5.74) is 7.96. The van der Waals surface area contributed by atoms with Gasteiger partial charge in [0.1, 0.15) is 0 Å². The molecule has 2 saturated heterocycles. The van der Waals surface area contributed by atoms with Crippen molar-refractivity contribution >= 4 is 17.7 Å². The highest BCUT2D eigenvalue weighted by Gasteiger charge is 2.41. The number of aromatic hydroxyl groups is 1. The second-order valence-corrected chi connectivity index (χ2v) is 14.4. The molecule has 7 heteroatoms. The first-order chi connectivity index (χ1) is 19.6. The van der Waals surface area contributed by atoms with Crippen molar-refractivity contribution in [1.29, 1.82) is 0 Å². The van der Waals surface area contributed by atoms with Gasteiger partial charge in [-0.2, -0.15) is 11.8 Å². The number of ether oxygens (including phenoxy) is 1. The van der Waals surface area contributed by atoms with Crippen LogP contribution in [0.4, 0.5) is 0 Å². The zero-order valence-electron chi connectivity index (χ0n) is 24.8. The molecule has 2 heterocycles. The number of hydrazine groups is 1. The minimum absolute atomic E-state index is 0.00631. The Morgan fingerprint density at radius 3 is 2.27 bits per heavy atom. The number of phenolic OH excluding ortho intramolecular Hbond substituents is 1. The molecule has 40 heavy (non-hydrogen) atoms. The molecular weight excluding hydrogens is 518 g/mol. The van der Waals surface area contributed by atoms with Crippen LogP contribution in [0.3, 0.4) is 0 Å². The number of amides is 1. The predicted molar refractivity (Wildman–Crippen MR) is 164 cm³/mol. The van der Waals surface area contributed by atoms with Gasteiger partial charge in [0, 0.05) is 24.3 Å². The highest BCUT2D eigenvalue weighted by atomic mass is 32.2. The molecule has 3 N–H and O–H groups in total. The van der Waals surface area contributed by atoms with Crippen LogP contribution in [0.1, 0.15) is 102 Å². The number of hydrogen-bond donors (Lipinski definition) is 3. The lowest BCUT2D eigenvalue weighted by Crippen LogP contribution is -2.54. The standard InChI is InChI=1S/C33H53N3O3S/c1-24-16-17-31(30(37)18-24)39-22-32(38)36(33-29(20-34-35-33)26-14-10-6-3-7-11-15-26)21-28-19-27(23-40-28)25-12-8-4-2-5-9-13-25/h16-18,25-29,33-35,37H,2-15,19-23H2,1H3. The van der Waals surface area contributed by atoms with Gasteiger partial charge in [0.05, 0.1) is 6.17 Å². The lowest BCUT2D eigenvalue weighted by molar-refractivity contribution is -0.137. The number of benzene rings is 1. The van der Waals surface area contributed by atoms with E-state index in [1.807, 2.05) is 13.0 Å². The Labute approximate surface area is 246 Å². The minimum Gasteiger partial charge on any atom is -0.504 e. The van der Waals surface area contributed by atoms with Crippen LogP contribution in [0.15, 0.2) is 18.2 Å². The lowest BCUT2D eigenvalue weighted by atomic mass is 9.80. The summed E-state index contributed by atoms with van der Waals surface area (Å²) in [6.45, 7) is 3.59. The van der Waals surface area contributed by atoms with Crippen LogP contribution in [0.5, 0.6) is 11.5 Å². The summed E-state index contributed by atoms with van der Waals surface area (Å²) in [7, 11) is 0. The van der Waals surface area contributed by atoms with E-state index in [9.17, 15) is 9.90 Å². The van der Waals surface area contributed by atoms with E-state index in [-0.39, 0.29) is 24.4 Å². The van der Waals surface area contributed by atoms with Gasteiger partial charge in [0.25, 0.3) is 5.91 Å². The number of carbonyl (C=O) groups excluding carboxylic acids is 1. The molecule has 4 unspecified atom stereocenters. The van der Waals surface area contributed by atoms with Gasteiger partial charge in [-0.25, -0.2) is 5.43 Å². The Morgan fingerprint density at radius 2 is 1.60 bits per heavy atom. The van der Waals surface area contributed by atoms with Crippen LogP contribution in [0, 0.1) is 30.6 Å². The summed E-state index contributed by atoms with van der Waals surface area (Å²) in [5.74, 6) is 4.46. The summed E-state index contributed by atoms with van der Waals surface area (Å²) in [6.07, 6.45) is 20.2. The third-order valence-corrected chi connectivity index (χ3v) is 11.6. The van der Waals surface area contributed by atoms with Gasteiger partial charge in [0.15, 0.2) is 18.1 Å². The molecule has 0 bridgehead atoms. The van der Waals surface area contributed by atoms with Gasteiger partial charge < -0.3 is 14.7 Å². The molecule has 4 atom stereocenters. The summed E-state index contributed by atoms with van der Waals surface area (Å²) >= 11 is 2.10. The average molecular weight is 572 g/mol. The third kappa shape index (κ3) is 8.10. The zero-order valence-corrected chi connectivity index (χ0v) is 25.6. The molecule has 1 aromatic rings. The number of hydrogen-bond acceptors (Lipinski definition) is 6. The SMILES string of the molecule is Cc1ccc(OCC(=O)N(CC2CC(C3CCCCCCC3)CS2)C2NNCC2C2CCCCCCC2)c(O)c1. The molecule has 2 saturated carbocycles. The maximum absolute atomic E-state index is 13.9. The Bertz CT molecular complexity index is 930. The van der Waals surface area contributed by atoms with E-state index < -0.39 is 0 Å². The van der Waals surface area contributed by atoms with Crippen LogP contribution in [0.2, 0.25) is 0 Å². The first-order valence-electron chi connectivity index (χ1n) is 16.4. The number of aryl methyl sites for hydroxylation is 1. The van der Waals surface area contributed by atoms with Gasteiger partial charge in [-0.15, -0.1) is 0 Å². The predicted octanol–water partition coefficient (Wildman–Crippen LogP) is 6.80. The van der Waals surface area contributed by atoms with E-state index in [1.165, 1.54) is 102 Å². The summed E-state index contributed by atoms with van der Waals surface area (Å²) in [5, 5.41) is 10.8. The molecule has 4 fully saturated rings. The zero-order chi connectivity index (χ0) is 27.7. The monoisotopic (exact) mass is 571 g/mol. The van der Waals surface area contributed by atoms with Gasteiger partial charge in [-0.1, -0.05) is 96.0 Å². The number of thioether (sulfide) groups is 1. The van der Waals surface area contributed by atoms with Gasteiger partial charge in [0.2, 0.25) is 0 Å². The van der Waals surface area contributed by atoms with Crippen molar-refractivity contribution < 1.29 is 14.6 Å². The number of nitrogens with one attached hydrogen (secondary N) is 2. The first kappa shape index (κ1) is 30.0. The molecule has 0 spiro atoms. The normalized spacial score (nSPS) is 29.3. The number of rotatable bonds is 8. The van der Waals surface area contributed by atoms with Crippen molar-refractivity contribution in [2.45, 2.75) is 115 Å². The molecule has 2 aliphatic heterocycles. The smallest absolute Gasteiger partial charge is 0.261 e. The molecule has 1 amide bonds. The highest BCUT2D eigenvalue weighted by Crippen LogP contribution is 2.42. The molecule has 224 valence electrons. The number of carbonyl (C=O) groups is 1. The summed E-state index contributed by atoms with van der Waals surface area (Å²) in [4.78, 5) is 16.0. The van der Waals surface area contributed by atoms with E-state index in [2.05, 4.69) is 27.5 Å². The average Bonchev–Trinajstić information content (AvgIpc) is 3.56. The number of phenols is 1. The second-order valence-electron chi connectivity index (χ2n) is 13.1. The Balaban J connectivity index is 1.27. The molecular formula is C33H53N3O3S. The topological polar surface area (TPSA) is 73.8 Å². The van der Waals surface area contributed by atoms with E-state index in [0.717, 1.165) is 30.5 Å². The van der Waals surface area contributed by atoms with Crippen molar-refractivity contribution in [3.05, 3.63) is 23.8 Å². The van der Waals surface area contributed by atoms with Gasteiger partial charge in [-0.05, 0) is 54.5 Å². The maximum atomic E-state index is 13.9. The highest BCUT2D eigenvalue weighted by molar-refractivity contribution is 8.00. The second kappa shape index (κ2) is 15.2. The van der Waals surface area contributed by atoms with Gasteiger partial charge in [-0.3, -0.25) is 10.2 Å². The van der Waals surface area contributed by atoms with Gasteiger partial charge >= 0.3 is 0 Å². The van der Waals surface area contributed by atoms with Crippen molar-refractivity contribution in [3.63, 3.8) is 0 Å². The van der Waals surface area contributed by atoms with Crippen LogP contribution in [0.25, 0.3) is 0 Å². The largest absolute Gasteiger partial charge is 0.504 e. The van der Waals surface area contributed by atoms with E-state index >= 15 is 0 Å². The fourth-order valence-corrected chi connectivity index (χ4v) is 9.44. The molecule has 0 aromatic heterocycles. The van der Waals surface area contributed by atoms with Crippen molar-refractivity contribution in [2.75, 3.05) is 25.4 Å². The van der Waals surface area contributed by atoms with E-state index in [1.54, 1.807) is 12.1 Å². The Kier molecular flexibility index (Phi) is 11.4. The molecule has 0 radical (unpaired) electrons. The fraction of sp³-hybridized carbons (Fsp3) is 0.788. The van der Waals surface area contributed by atoms with Crippen molar-refractivity contribution in [1.82, 2.24) is 15.8 Å². The molecule has 6 nitrogen and oxygen atoms in total. The third-order valence-electron chi connectivity index (χ3n) is 10.2. The van der Waals surface area contributed by atoms with E-state index in [4.69, 9.17) is 4.74 Å². The van der Waals surface area contributed by atoms with Crippen LogP contribution >= 0.6 is 11.8 Å². The maximum Gasteiger partial charge on any atom is 0.261 e. The first-order valence-corrected chi connectivity index (χ1v) is 17.4. The van der Waals surface area contributed by atoms with E-state index in [0.29, 0.717) is 22.8 Å². The number of nitrogens with zero attached hydrogens (tertiary/aromatic N) is 1. The van der Waals surface area contributed by atoms with Crippen LogP contribution in [-0.4, -0.2) is 52.8 Å². The van der Waals surface area contributed by atoms with Crippen molar-refractivity contribution in [2.24, 2.45) is 23.7 Å². The van der Waals surface area contributed by atoms with Crippen LogP contribution < -0.4 is 15.6 Å². The Morgan fingerprint density at radius 1 is 0.950 bits per heavy atom. The Hall–Kier alpha value is -1.44. The molecule has 1 aromatic carbocycles. The van der Waals surface area contributed by atoms with Crippen molar-refractivity contribution in [3.8, 4) is 11.5 Å². The molecule has 2 aliphatic carbocycles. The molecule has 4 aliphatic rings. The quantitative estimate of drug-likeness (QED) is 0.319. The fourth-order valence-electron chi connectivity index (χ4n) is 7.86. The summed E-state index contributed by atoms with van der Waals surface area (Å²) < 4.78 is 5.92.